The Balaban J connectivity index is 1.96. The quantitative estimate of drug-likeness (QED) is 0.286. The number of carbonyl (C=O) groups is 1. The summed E-state index contributed by atoms with van der Waals surface area (Å²) in [4.78, 5) is 50.5. The van der Waals surface area contributed by atoms with Gasteiger partial charge in [0.25, 0.3) is 5.56 Å². The van der Waals surface area contributed by atoms with E-state index in [0.29, 0.717) is 0 Å². The van der Waals surface area contributed by atoms with E-state index in [2.05, 4.69) is 19.5 Å². The minimum absolute atomic E-state index is 0.0200. The first-order valence-corrected chi connectivity index (χ1v) is 8.52. The van der Waals surface area contributed by atoms with Gasteiger partial charge in [-0.25, -0.2) is 19.3 Å². The Hall–Kier alpha value is -2.19. The Labute approximate surface area is 142 Å². The van der Waals surface area contributed by atoms with Gasteiger partial charge in [-0.1, -0.05) is 0 Å². The lowest BCUT2D eigenvalue weighted by Gasteiger charge is -2.22. The van der Waals surface area contributed by atoms with Gasteiger partial charge >= 0.3 is 13.8 Å². The Morgan fingerprint density at radius 2 is 2.04 bits per heavy atom. The van der Waals surface area contributed by atoms with Crippen molar-refractivity contribution < 1.29 is 43.7 Å². The predicted octanol–water partition coefficient (Wildman–Crippen LogP) is -2.70. The molecular formula is C11H13N4O10P. The van der Waals surface area contributed by atoms with Crippen molar-refractivity contribution >= 4 is 25.0 Å². The first kappa shape index (κ1) is 18.6. The summed E-state index contributed by atoms with van der Waals surface area (Å²) in [6, 6.07) is 0. The summed E-state index contributed by atoms with van der Waals surface area (Å²) < 4.78 is 21.5. The SMILES string of the molecule is O=C(O)C(OP(=O)(O)O)[C@H]1O[C@@H](n2cnc3c(=O)[nH]cnc32)[C@H](O)[C@@H]1O. The second-order valence-electron chi connectivity index (χ2n) is 5.38. The molecule has 142 valence electrons. The van der Waals surface area contributed by atoms with Crippen molar-refractivity contribution in [3.05, 3.63) is 23.0 Å². The molecule has 1 aliphatic rings. The number of aliphatic carboxylic acids is 1. The summed E-state index contributed by atoms with van der Waals surface area (Å²) >= 11 is 0. The fourth-order valence-corrected chi connectivity index (χ4v) is 3.11. The Morgan fingerprint density at radius 1 is 1.35 bits per heavy atom. The second-order valence-corrected chi connectivity index (χ2v) is 6.57. The van der Waals surface area contributed by atoms with Crippen LogP contribution in [0.25, 0.3) is 11.2 Å². The Kier molecular flexibility index (Phi) is 4.66. The molecule has 26 heavy (non-hydrogen) atoms. The smallest absolute Gasteiger partial charge is 0.470 e. The van der Waals surface area contributed by atoms with Crippen LogP contribution in [-0.4, -0.2) is 75.0 Å². The van der Waals surface area contributed by atoms with E-state index in [1.165, 1.54) is 0 Å². The number of carboxylic acids is 1. The number of fused-ring (bicyclic) bond motifs is 1. The largest absolute Gasteiger partial charge is 0.479 e. The third kappa shape index (κ3) is 3.26. The van der Waals surface area contributed by atoms with Crippen LogP contribution in [-0.2, 0) is 18.6 Å². The van der Waals surface area contributed by atoms with Gasteiger partial charge in [0, 0.05) is 0 Å². The van der Waals surface area contributed by atoms with Crippen LogP contribution in [0.2, 0.25) is 0 Å². The van der Waals surface area contributed by atoms with E-state index < -0.39 is 50.0 Å². The average molecular weight is 392 g/mol. The first-order valence-electron chi connectivity index (χ1n) is 6.98. The first-order chi connectivity index (χ1) is 12.1. The van der Waals surface area contributed by atoms with Crippen LogP contribution in [0.3, 0.4) is 0 Å². The van der Waals surface area contributed by atoms with E-state index in [0.717, 1.165) is 17.2 Å². The third-order valence-corrected chi connectivity index (χ3v) is 4.21. The summed E-state index contributed by atoms with van der Waals surface area (Å²) in [6.07, 6.45) is -6.97. The molecule has 1 aliphatic heterocycles. The monoisotopic (exact) mass is 392 g/mol. The molecule has 2 aromatic heterocycles. The number of H-pyrrole nitrogens is 1. The fourth-order valence-electron chi connectivity index (χ4n) is 2.61. The minimum Gasteiger partial charge on any atom is -0.479 e. The van der Waals surface area contributed by atoms with Gasteiger partial charge in [-0.3, -0.25) is 13.9 Å². The van der Waals surface area contributed by atoms with Crippen molar-refractivity contribution in [1.29, 1.82) is 0 Å². The molecule has 15 heteroatoms. The van der Waals surface area contributed by atoms with E-state index >= 15 is 0 Å². The van der Waals surface area contributed by atoms with E-state index in [-0.39, 0.29) is 11.2 Å². The number of phosphoric acid groups is 1. The maximum atomic E-state index is 11.7. The molecule has 0 aromatic carbocycles. The number of aromatic amines is 1. The molecular weight excluding hydrogens is 379 g/mol. The lowest BCUT2D eigenvalue weighted by molar-refractivity contribution is -0.158. The van der Waals surface area contributed by atoms with E-state index in [1.54, 1.807) is 0 Å². The number of ether oxygens (including phenoxy) is 1. The van der Waals surface area contributed by atoms with Gasteiger partial charge in [0.05, 0.1) is 12.7 Å². The lowest BCUT2D eigenvalue weighted by atomic mass is 10.1. The number of aliphatic hydroxyl groups excluding tert-OH is 2. The van der Waals surface area contributed by atoms with Crippen LogP contribution >= 0.6 is 7.82 Å². The van der Waals surface area contributed by atoms with E-state index in [9.17, 15) is 24.4 Å². The van der Waals surface area contributed by atoms with Gasteiger partial charge in [-0.2, -0.15) is 0 Å². The minimum atomic E-state index is -5.23. The number of nitrogens with one attached hydrogen (secondary N) is 1. The average Bonchev–Trinajstić information content (AvgIpc) is 3.08. The van der Waals surface area contributed by atoms with Crippen LogP contribution in [0.15, 0.2) is 17.4 Å². The van der Waals surface area contributed by atoms with Crippen molar-refractivity contribution in [2.45, 2.75) is 30.6 Å². The standard InChI is InChI=1S/C11H13N4O10P/c16-4-5(17)10(15-2-14-3-8(15)12-1-13-9(3)18)24-6(4)7(11(19)20)25-26(21,22)23/h1-2,4-7,10,16-17H,(H,19,20)(H,12,13,18)(H2,21,22,23)/t4-,5+,6-,7?,10+/m0/s1. The highest BCUT2D eigenvalue weighted by atomic mass is 31.2. The fraction of sp³-hybridized carbons (Fsp3) is 0.455. The highest BCUT2D eigenvalue weighted by molar-refractivity contribution is 7.46. The Bertz CT molecular complexity index is 936. The molecule has 0 radical (unpaired) electrons. The molecule has 0 amide bonds. The van der Waals surface area contributed by atoms with Gasteiger partial charge in [-0.15, -0.1) is 0 Å². The number of aliphatic hydroxyl groups is 2. The molecule has 6 N–H and O–H groups in total. The summed E-state index contributed by atoms with van der Waals surface area (Å²) in [5.41, 5.74) is -0.692. The predicted molar refractivity (Wildman–Crippen MR) is 78.6 cm³/mol. The molecule has 0 bridgehead atoms. The maximum Gasteiger partial charge on any atom is 0.470 e. The second kappa shape index (κ2) is 6.51. The molecule has 1 saturated heterocycles. The van der Waals surface area contributed by atoms with Gasteiger partial charge in [0.15, 0.2) is 23.5 Å². The molecule has 2 aromatic rings. The van der Waals surface area contributed by atoms with Crippen molar-refractivity contribution in [2.24, 2.45) is 0 Å². The van der Waals surface area contributed by atoms with Crippen molar-refractivity contribution in [1.82, 2.24) is 19.5 Å². The topological polar surface area (TPSA) is 217 Å². The van der Waals surface area contributed by atoms with Crippen molar-refractivity contribution in [3.63, 3.8) is 0 Å². The highest BCUT2D eigenvalue weighted by Crippen LogP contribution is 2.42. The number of imidazole rings is 1. The summed E-state index contributed by atoms with van der Waals surface area (Å²) in [6.45, 7) is 0. The molecule has 0 saturated carbocycles. The molecule has 3 heterocycles. The molecule has 0 aliphatic carbocycles. The molecule has 1 unspecified atom stereocenters. The van der Waals surface area contributed by atoms with Crippen LogP contribution < -0.4 is 5.56 Å². The Morgan fingerprint density at radius 3 is 2.65 bits per heavy atom. The zero-order valence-electron chi connectivity index (χ0n) is 12.6. The molecule has 14 nitrogen and oxygen atoms in total. The third-order valence-electron chi connectivity index (χ3n) is 3.71. The van der Waals surface area contributed by atoms with Crippen LogP contribution in [0.4, 0.5) is 0 Å². The number of aromatic nitrogens is 4. The highest BCUT2D eigenvalue weighted by Gasteiger charge is 2.51. The number of carboxylic acid groups (broad SMARTS) is 1. The van der Waals surface area contributed by atoms with E-state index in [4.69, 9.17) is 19.6 Å². The van der Waals surface area contributed by atoms with Crippen LogP contribution in [0.1, 0.15) is 6.23 Å². The van der Waals surface area contributed by atoms with Gasteiger partial charge < -0.3 is 34.8 Å². The number of hydrogen-bond acceptors (Lipinski definition) is 9. The molecule has 5 atom stereocenters. The molecule has 0 spiro atoms. The zero-order chi connectivity index (χ0) is 19.2. The van der Waals surface area contributed by atoms with Crippen molar-refractivity contribution in [2.75, 3.05) is 0 Å². The number of rotatable bonds is 5. The normalized spacial score (nSPS) is 27.7. The van der Waals surface area contributed by atoms with Crippen LogP contribution in [0, 0.1) is 0 Å². The van der Waals surface area contributed by atoms with Crippen LogP contribution in [0.5, 0.6) is 0 Å². The lowest BCUT2D eigenvalue weighted by Crippen LogP contribution is -2.44. The summed E-state index contributed by atoms with van der Waals surface area (Å²) in [5.74, 6) is -1.82. The number of phosphoric ester groups is 1. The van der Waals surface area contributed by atoms with E-state index in [1.807, 2.05) is 0 Å². The number of hydrogen-bond donors (Lipinski definition) is 6. The summed E-state index contributed by atoms with van der Waals surface area (Å²) in [5, 5.41) is 29.4. The molecule has 1 fully saturated rings. The van der Waals surface area contributed by atoms with Gasteiger partial charge in [0.1, 0.15) is 18.3 Å². The summed E-state index contributed by atoms with van der Waals surface area (Å²) in [7, 11) is -5.23. The number of nitrogens with zero attached hydrogens (tertiary/aromatic N) is 3. The molecule has 3 rings (SSSR count). The van der Waals surface area contributed by atoms with Crippen molar-refractivity contribution in [3.8, 4) is 0 Å². The van der Waals surface area contributed by atoms with Gasteiger partial charge in [-0.05, 0) is 0 Å². The zero-order valence-corrected chi connectivity index (χ0v) is 13.5. The van der Waals surface area contributed by atoms with Gasteiger partial charge in [0.2, 0.25) is 0 Å². The maximum absolute atomic E-state index is 11.7.